The standard InChI is InChI=1S/C43H51ClN8O3/c1-30-27-43(29-52(30)37-10-7-32(28-45)38(44)26-37)15-19-48(20-16-43)34-8-5-31(6-9-34)42(55)51-17-13-35(14-18-51)49-21-23-50(24-22-49)36-4-2-3-33(25-36)46-39-11-12-40(53)47-41(39)54/h2-10,25-26,30,35,39,46H,11-24,27,29H2,1H3,(H,47,53,54). The summed E-state index contributed by atoms with van der Waals surface area (Å²) in [4.78, 5) is 49.3. The van der Waals surface area contributed by atoms with Crippen LogP contribution in [0.1, 0.15) is 67.8 Å². The third kappa shape index (κ3) is 7.98. The second-order valence-corrected chi connectivity index (χ2v) is 16.6. The van der Waals surface area contributed by atoms with Crippen molar-refractivity contribution in [1.29, 1.82) is 5.26 Å². The van der Waals surface area contributed by atoms with E-state index in [1.54, 1.807) is 0 Å². The number of piperazine rings is 1. The van der Waals surface area contributed by atoms with Crippen LogP contribution in [0.3, 0.4) is 0 Å². The predicted molar refractivity (Wildman–Crippen MR) is 217 cm³/mol. The Morgan fingerprint density at radius 2 is 1.56 bits per heavy atom. The fourth-order valence-electron chi connectivity index (χ4n) is 9.64. The van der Waals surface area contributed by atoms with Crippen LogP contribution in [0.4, 0.5) is 22.7 Å². The smallest absolute Gasteiger partial charge is 0.253 e. The molecule has 5 aliphatic rings. The molecule has 5 fully saturated rings. The van der Waals surface area contributed by atoms with E-state index in [9.17, 15) is 19.6 Å². The monoisotopic (exact) mass is 762 g/mol. The highest BCUT2D eigenvalue weighted by Gasteiger charge is 2.44. The summed E-state index contributed by atoms with van der Waals surface area (Å²) >= 11 is 6.38. The number of halogens is 1. The molecule has 288 valence electrons. The molecule has 0 aliphatic carbocycles. The number of hydrogen-bond donors (Lipinski definition) is 2. The fourth-order valence-corrected chi connectivity index (χ4v) is 9.86. The Balaban J connectivity index is 0.781. The number of carbonyl (C=O) groups is 3. The number of benzene rings is 3. The van der Waals surface area contributed by atoms with Gasteiger partial charge in [-0.1, -0.05) is 17.7 Å². The van der Waals surface area contributed by atoms with E-state index < -0.39 is 6.04 Å². The highest BCUT2D eigenvalue weighted by molar-refractivity contribution is 6.32. The van der Waals surface area contributed by atoms with Gasteiger partial charge in [-0.2, -0.15) is 5.26 Å². The Morgan fingerprint density at radius 1 is 0.855 bits per heavy atom. The van der Waals surface area contributed by atoms with Gasteiger partial charge in [0.2, 0.25) is 11.8 Å². The van der Waals surface area contributed by atoms with E-state index in [2.05, 4.69) is 67.5 Å². The number of likely N-dealkylation sites (tertiary alicyclic amines) is 1. The van der Waals surface area contributed by atoms with Crippen LogP contribution in [0.5, 0.6) is 0 Å². The van der Waals surface area contributed by atoms with E-state index in [1.165, 1.54) is 5.69 Å². The van der Waals surface area contributed by atoms with E-state index in [-0.39, 0.29) is 23.1 Å². The van der Waals surface area contributed by atoms with Crippen LogP contribution < -0.4 is 25.3 Å². The number of nitrogens with zero attached hydrogens (tertiary/aromatic N) is 6. The normalized spacial score (nSPS) is 23.5. The van der Waals surface area contributed by atoms with Crippen LogP contribution in [0, 0.1) is 16.7 Å². The van der Waals surface area contributed by atoms with Crippen molar-refractivity contribution in [3.63, 3.8) is 0 Å². The highest BCUT2D eigenvalue weighted by Crippen LogP contribution is 2.46. The van der Waals surface area contributed by atoms with Gasteiger partial charge in [0.1, 0.15) is 12.1 Å². The van der Waals surface area contributed by atoms with Gasteiger partial charge in [0.15, 0.2) is 0 Å². The molecule has 55 heavy (non-hydrogen) atoms. The molecule has 5 aliphatic heterocycles. The first kappa shape index (κ1) is 37.1. The first-order valence-corrected chi connectivity index (χ1v) is 20.3. The van der Waals surface area contributed by atoms with E-state index in [0.29, 0.717) is 35.5 Å². The molecule has 2 N–H and O–H groups in total. The van der Waals surface area contributed by atoms with Gasteiger partial charge in [0.05, 0.1) is 10.6 Å². The van der Waals surface area contributed by atoms with Crippen molar-refractivity contribution < 1.29 is 14.4 Å². The van der Waals surface area contributed by atoms with E-state index in [4.69, 9.17) is 11.6 Å². The number of hydrogen-bond acceptors (Lipinski definition) is 9. The zero-order valence-corrected chi connectivity index (χ0v) is 32.4. The van der Waals surface area contributed by atoms with Gasteiger partial charge >= 0.3 is 0 Å². The molecule has 0 bridgehead atoms. The summed E-state index contributed by atoms with van der Waals surface area (Å²) in [6, 6.07) is 24.9. The number of nitrogens with one attached hydrogen (secondary N) is 2. The number of carbonyl (C=O) groups excluding carboxylic acids is 3. The summed E-state index contributed by atoms with van der Waals surface area (Å²) in [7, 11) is 0. The molecule has 0 saturated carbocycles. The summed E-state index contributed by atoms with van der Waals surface area (Å²) in [5, 5.41) is 15.5. The Morgan fingerprint density at radius 3 is 2.25 bits per heavy atom. The number of amides is 3. The lowest BCUT2D eigenvalue weighted by molar-refractivity contribution is -0.133. The molecule has 0 radical (unpaired) electrons. The van der Waals surface area contributed by atoms with Gasteiger partial charge in [-0.3, -0.25) is 24.6 Å². The van der Waals surface area contributed by atoms with E-state index >= 15 is 0 Å². The highest BCUT2D eigenvalue weighted by atomic mass is 35.5. The van der Waals surface area contributed by atoms with Crippen molar-refractivity contribution in [2.75, 3.05) is 78.9 Å². The fraction of sp³-hybridized carbons (Fsp3) is 0.488. The maximum Gasteiger partial charge on any atom is 0.253 e. The van der Waals surface area contributed by atoms with Gasteiger partial charge in [-0.25, -0.2) is 0 Å². The van der Waals surface area contributed by atoms with Crippen molar-refractivity contribution in [3.8, 4) is 6.07 Å². The molecule has 3 aromatic rings. The van der Waals surface area contributed by atoms with Crippen LogP contribution in [0.2, 0.25) is 5.02 Å². The zero-order valence-electron chi connectivity index (χ0n) is 31.7. The van der Waals surface area contributed by atoms with Gasteiger partial charge < -0.3 is 24.9 Å². The van der Waals surface area contributed by atoms with Gasteiger partial charge in [-0.05, 0) is 112 Å². The summed E-state index contributed by atoms with van der Waals surface area (Å²) in [6.07, 6.45) is 6.23. The minimum Gasteiger partial charge on any atom is -0.374 e. The summed E-state index contributed by atoms with van der Waals surface area (Å²) in [5.41, 5.74) is 5.86. The van der Waals surface area contributed by atoms with Crippen molar-refractivity contribution in [2.24, 2.45) is 5.41 Å². The first-order chi connectivity index (χ1) is 26.7. The average Bonchev–Trinajstić information content (AvgIpc) is 3.54. The quantitative estimate of drug-likeness (QED) is 0.291. The first-order valence-electron chi connectivity index (χ1n) is 20.0. The number of imide groups is 1. The Hall–Kier alpha value is -4.79. The summed E-state index contributed by atoms with van der Waals surface area (Å²) in [5.74, 6) is -0.341. The topological polar surface area (TPSA) is 115 Å². The lowest BCUT2D eigenvalue weighted by Gasteiger charge is -2.43. The largest absolute Gasteiger partial charge is 0.374 e. The predicted octanol–water partition coefficient (Wildman–Crippen LogP) is 5.74. The van der Waals surface area contributed by atoms with Gasteiger partial charge in [0, 0.05) is 106 Å². The molecule has 1 spiro atoms. The van der Waals surface area contributed by atoms with Crippen molar-refractivity contribution in [3.05, 3.63) is 82.9 Å². The lowest BCUT2D eigenvalue weighted by atomic mass is 9.76. The van der Waals surface area contributed by atoms with Crippen LogP contribution in [-0.2, 0) is 9.59 Å². The summed E-state index contributed by atoms with van der Waals surface area (Å²) in [6.45, 7) is 10.7. The molecule has 12 heteroatoms. The third-order valence-corrected chi connectivity index (χ3v) is 13.2. The van der Waals surface area contributed by atoms with Gasteiger partial charge in [0.25, 0.3) is 5.91 Å². The minimum atomic E-state index is -0.395. The molecule has 2 atom stereocenters. The number of nitriles is 1. The Bertz CT molecular complexity index is 1940. The van der Waals surface area contributed by atoms with E-state index in [1.807, 2.05) is 47.4 Å². The van der Waals surface area contributed by atoms with Crippen LogP contribution in [0.25, 0.3) is 0 Å². The zero-order chi connectivity index (χ0) is 38.1. The number of rotatable bonds is 7. The van der Waals surface area contributed by atoms with Crippen molar-refractivity contribution >= 4 is 52.1 Å². The molecule has 0 aromatic heterocycles. The SMILES string of the molecule is CC1CC2(CCN(c3ccc(C(=O)N4CCC(N5CCN(c6cccc(NC7CCC(=O)NC7=O)c6)CC5)CC4)cc3)CC2)CN1c1ccc(C#N)c(Cl)c1. The second-order valence-electron chi connectivity index (χ2n) is 16.2. The van der Waals surface area contributed by atoms with Crippen LogP contribution in [0.15, 0.2) is 66.7 Å². The number of anilines is 4. The van der Waals surface area contributed by atoms with Crippen molar-refractivity contribution in [2.45, 2.75) is 70.0 Å². The molecule has 5 saturated heterocycles. The maximum absolute atomic E-state index is 13.6. The molecule has 3 aromatic carbocycles. The average molecular weight is 763 g/mol. The lowest BCUT2D eigenvalue weighted by Crippen LogP contribution is -2.53. The molecular weight excluding hydrogens is 712 g/mol. The minimum absolute atomic E-state index is 0.126. The van der Waals surface area contributed by atoms with E-state index in [0.717, 1.165) is 114 Å². The second kappa shape index (κ2) is 15.8. The van der Waals surface area contributed by atoms with Gasteiger partial charge in [-0.15, -0.1) is 0 Å². The molecule has 5 heterocycles. The van der Waals surface area contributed by atoms with Crippen molar-refractivity contribution in [1.82, 2.24) is 15.1 Å². The molecular formula is C43H51ClN8O3. The van der Waals surface area contributed by atoms with Crippen LogP contribution >= 0.6 is 11.6 Å². The summed E-state index contributed by atoms with van der Waals surface area (Å²) < 4.78 is 0. The Labute approximate surface area is 329 Å². The molecule has 3 amide bonds. The third-order valence-electron chi connectivity index (χ3n) is 12.8. The number of piperidine rings is 3. The Kier molecular flexibility index (Phi) is 10.6. The maximum atomic E-state index is 13.6. The molecule has 8 rings (SSSR count). The van der Waals surface area contributed by atoms with Crippen LogP contribution in [-0.4, -0.2) is 105 Å². The molecule has 2 unspecified atom stereocenters. The molecule has 11 nitrogen and oxygen atoms in total.